The van der Waals surface area contributed by atoms with Gasteiger partial charge in [0, 0.05) is 10.7 Å². The van der Waals surface area contributed by atoms with Crippen LogP contribution in [0.5, 0.6) is 5.75 Å². The van der Waals surface area contributed by atoms with Crippen LogP contribution in [0.3, 0.4) is 0 Å². The Morgan fingerprint density at radius 1 is 1.08 bits per heavy atom. The van der Waals surface area contributed by atoms with E-state index in [1.807, 2.05) is 6.92 Å². The number of hydrogen-bond acceptors (Lipinski definition) is 5. The fraction of sp³-hybridized carbons (Fsp3) is 0.167. The van der Waals surface area contributed by atoms with Gasteiger partial charge in [-0.3, -0.25) is 9.59 Å². The molecule has 0 saturated heterocycles. The molecule has 8 heteroatoms. The molecule has 2 rings (SSSR count). The Kier molecular flexibility index (Phi) is 6.57. The van der Waals surface area contributed by atoms with Crippen LogP contribution in [-0.4, -0.2) is 31.0 Å². The van der Waals surface area contributed by atoms with Crippen molar-refractivity contribution in [1.82, 2.24) is 0 Å². The van der Waals surface area contributed by atoms with Gasteiger partial charge in [-0.1, -0.05) is 17.7 Å². The highest BCUT2D eigenvalue weighted by molar-refractivity contribution is 6.31. The summed E-state index contributed by atoms with van der Waals surface area (Å²) < 4.78 is 10.1. The van der Waals surface area contributed by atoms with E-state index in [0.29, 0.717) is 16.5 Å². The number of anilines is 1. The molecule has 2 amide bonds. The van der Waals surface area contributed by atoms with Gasteiger partial charge in [0.2, 0.25) is 0 Å². The fourth-order valence-electron chi connectivity index (χ4n) is 1.97. The second-order valence-corrected chi connectivity index (χ2v) is 5.80. The lowest BCUT2D eigenvalue weighted by atomic mass is 10.2. The molecular formula is C18H17ClN2O5. The average molecular weight is 377 g/mol. The van der Waals surface area contributed by atoms with Crippen LogP contribution in [0.1, 0.15) is 15.9 Å². The summed E-state index contributed by atoms with van der Waals surface area (Å²) >= 11 is 5.89. The van der Waals surface area contributed by atoms with E-state index in [9.17, 15) is 14.4 Å². The summed E-state index contributed by atoms with van der Waals surface area (Å²) in [5, 5.41) is 3.12. The largest absolute Gasteiger partial charge is 0.484 e. The first-order chi connectivity index (χ1) is 12.3. The topological polar surface area (TPSA) is 108 Å². The lowest BCUT2D eigenvalue weighted by Crippen LogP contribution is -2.21. The first kappa shape index (κ1) is 19.3. The van der Waals surface area contributed by atoms with Crippen LogP contribution in [0.4, 0.5) is 5.69 Å². The predicted molar refractivity (Wildman–Crippen MR) is 96.2 cm³/mol. The molecule has 26 heavy (non-hydrogen) atoms. The van der Waals surface area contributed by atoms with Gasteiger partial charge in [0.1, 0.15) is 5.75 Å². The Morgan fingerprint density at radius 3 is 2.42 bits per heavy atom. The number of esters is 1. The van der Waals surface area contributed by atoms with Gasteiger partial charge in [-0.25, -0.2) is 4.79 Å². The standard InChI is InChI=1S/C18H17ClN2O5/c1-11-2-5-13(19)8-15(11)21-17(23)10-26-18(24)12-3-6-14(7-4-12)25-9-16(20)22/h2-8H,9-10H2,1H3,(H2,20,22)(H,21,23). The summed E-state index contributed by atoms with van der Waals surface area (Å²) in [6.07, 6.45) is 0. The van der Waals surface area contributed by atoms with Crippen molar-refractivity contribution in [1.29, 1.82) is 0 Å². The van der Waals surface area contributed by atoms with Gasteiger partial charge in [-0.05, 0) is 48.9 Å². The minimum absolute atomic E-state index is 0.239. The second-order valence-electron chi connectivity index (χ2n) is 5.36. The third-order valence-corrected chi connectivity index (χ3v) is 3.51. The molecule has 0 aliphatic rings. The zero-order chi connectivity index (χ0) is 19.1. The lowest BCUT2D eigenvalue weighted by Gasteiger charge is -2.09. The van der Waals surface area contributed by atoms with Crippen molar-refractivity contribution in [3.8, 4) is 5.75 Å². The monoisotopic (exact) mass is 376 g/mol. The summed E-state index contributed by atoms with van der Waals surface area (Å²) in [5.74, 6) is -1.36. The molecule has 136 valence electrons. The van der Waals surface area contributed by atoms with Crippen molar-refractivity contribution >= 4 is 35.1 Å². The number of carbonyl (C=O) groups is 3. The molecule has 2 aromatic carbocycles. The van der Waals surface area contributed by atoms with E-state index in [2.05, 4.69) is 5.32 Å². The Bertz CT molecular complexity index is 821. The summed E-state index contributed by atoms with van der Waals surface area (Å²) in [5.41, 5.74) is 6.60. The quantitative estimate of drug-likeness (QED) is 0.721. The average Bonchev–Trinajstić information content (AvgIpc) is 2.61. The van der Waals surface area contributed by atoms with Gasteiger partial charge < -0.3 is 20.5 Å². The first-order valence-electron chi connectivity index (χ1n) is 7.59. The number of rotatable bonds is 7. The summed E-state index contributed by atoms with van der Waals surface area (Å²) in [7, 11) is 0. The molecule has 0 fully saturated rings. The number of amides is 2. The second kappa shape index (κ2) is 8.87. The highest BCUT2D eigenvalue weighted by Gasteiger charge is 2.12. The number of carbonyl (C=O) groups excluding carboxylic acids is 3. The molecule has 3 N–H and O–H groups in total. The Labute approximate surface area is 155 Å². The molecule has 0 bridgehead atoms. The summed E-state index contributed by atoms with van der Waals surface area (Å²) in [6, 6.07) is 11.0. The molecule has 2 aromatic rings. The van der Waals surface area contributed by atoms with Gasteiger partial charge in [-0.15, -0.1) is 0 Å². The van der Waals surface area contributed by atoms with E-state index in [1.54, 1.807) is 18.2 Å². The summed E-state index contributed by atoms with van der Waals surface area (Å²) in [4.78, 5) is 34.5. The van der Waals surface area contributed by atoms with Crippen LogP contribution in [0.25, 0.3) is 0 Å². The highest BCUT2D eigenvalue weighted by Crippen LogP contribution is 2.20. The molecule has 0 saturated carbocycles. The van der Waals surface area contributed by atoms with Gasteiger partial charge in [0.15, 0.2) is 13.2 Å². The van der Waals surface area contributed by atoms with E-state index in [0.717, 1.165) is 5.56 Å². The van der Waals surface area contributed by atoms with Crippen LogP contribution < -0.4 is 15.8 Å². The van der Waals surface area contributed by atoms with Crippen molar-refractivity contribution in [3.63, 3.8) is 0 Å². The third-order valence-electron chi connectivity index (χ3n) is 3.28. The van der Waals surface area contributed by atoms with Crippen molar-refractivity contribution < 1.29 is 23.9 Å². The smallest absolute Gasteiger partial charge is 0.338 e. The first-order valence-corrected chi connectivity index (χ1v) is 7.97. The van der Waals surface area contributed by atoms with Crippen LogP contribution in [0, 0.1) is 6.92 Å². The van der Waals surface area contributed by atoms with Crippen molar-refractivity contribution in [2.24, 2.45) is 5.73 Å². The van der Waals surface area contributed by atoms with E-state index >= 15 is 0 Å². The van der Waals surface area contributed by atoms with Gasteiger partial charge in [0.25, 0.3) is 11.8 Å². The number of hydrogen-bond donors (Lipinski definition) is 2. The van der Waals surface area contributed by atoms with Crippen molar-refractivity contribution in [2.75, 3.05) is 18.5 Å². The molecule has 0 spiro atoms. The van der Waals surface area contributed by atoms with E-state index in [-0.39, 0.29) is 12.2 Å². The van der Waals surface area contributed by atoms with Gasteiger partial charge >= 0.3 is 5.97 Å². The number of aryl methyl sites for hydroxylation is 1. The maximum Gasteiger partial charge on any atom is 0.338 e. The van der Waals surface area contributed by atoms with E-state index in [4.69, 9.17) is 26.8 Å². The minimum Gasteiger partial charge on any atom is -0.484 e. The molecule has 7 nitrogen and oxygen atoms in total. The van der Waals surface area contributed by atoms with E-state index in [1.165, 1.54) is 24.3 Å². The van der Waals surface area contributed by atoms with E-state index < -0.39 is 24.4 Å². The molecule has 0 aliphatic carbocycles. The number of benzene rings is 2. The molecule has 0 aromatic heterocycles. The zero-order valence-electron chi connectivity index (χ0n) is 14.0. The fourth-order valence-corrected chi connectivity index (χ4v) is 2.14. The normalized spacial score (nSPS) is 10.1. The number of halogens is 1. The molecular weight excluding hydrogens is 360 g/mol. The number of nitrogens with two attached hydrogens (primary N) is 1. The molecule has 0 aliphatic heterocycles. The van der Waals surface area contributed by atoms with Crippen LogP contribution in [0.15, 0.2) is 42.5 Å². The molecule has 0 atom stereocenters. The van der Waals surface area contributed by atoms with Crippen LogP contribution in [-0.2, 0) is 14.3 Å². The van der Waals surface area contributed by atoms with Crippen molar-refractivity contribution in [2.45, 2.75) is 6.92 Å². The Balaban J connectivity index is 1.86. The Hall–Kier alpha value is -3.06. The predicted octanol–water partition coefficient (Wildman–Crippen LogP) is 2.31. The van der Waals surface area contributed by atoms with Crippen LogP contribution >= 0.6 is 11.6 Å². The maximum atomic E-state index is 12.0. The summed E-state index contributed by atoms with van der Waals surface area (Å²) in [6.45, 7) is 1.12. The van der Waals surface area contributed by atoms with Crippen LogP contribution in [0.2, 0.25) is 5.02 Å². The molecule has 0 heterocycles. The van der Waals surface area contributed by atoms with Crippen molar-refractivity contribution in [3.05, 3.63) is 58.6 Å². The lowest BCUT2D eigenvalue weighted by molar-refractivity contribution is -0.120. The third kappa shape index (κ3) is 5.78. The Morgan fingerprint density at radius 2 is 1.77 bits per heavy atom. The van der Waals surface area contributed by atoms with Gasteiger partial charge in [0.05, 0.1) is 5.56 Å². The number of ether oxygens (including phenoxy) is 2. The molecule has 0 unspecified atom stereocenters. The minimum atomic E-state index is -0.663. The SMILES string of the molecule is Cc1ccc(Cl)cc1NC(=O)COC(=O)c1ccc(OCC(N)=O)cc1. The number of primary amides is 1. The highest BCUT2D eigenvalue weighted by atomic mass is 35.5. The zero-order valence-corrected chi connectivity index (χ0v) is 14.7. The maximum absolute atomic E-state index is 12.0. The number of nitrogens with one attached hydrogen (secondary N) is 1. The van der Waals surface area contributed by atoms with Gasteiger partial charge in [-0.2, -0.15) is 0 Å². The molecule has 0 radical (unpaired) electrons.